The van der Waals surface area contributed by atoms with Gasteiger partial charge in [0.15, 0.2) is 0 Å². The smallest absolute Gasteiger partial charge is 0.131 e. The van der Waals surface area contributed by atoms with Gasteiger partial charge in [-0.2, -0.15) is 0 Å². The molecule has 0 saturated heterocycles. The number of benzene rings is 5. The largest absolute Gasteiger partial charge is 0.507 e. The molecule has 1 nitrogen and oxygen atoms in total. The molecular formula is C31H21FO. The molecule has 5 aromatic rings. The molecule has 0 heterocycles. The monoisotopic (exact) mass is 428 g/mol. The highest BCUT2D eigenvalue weighted by atomic mass is 19.1. The Hall–Kier alpha value is -4.17. The number of phenols is 1. The van der Waals surface area contributed by atoms with E-state index >= 15 is 0 Å². The van der Waals surface area contributed by atoms with Crippen molar-refractivity contribution in [3.05, 3.63) is 149 Å². The number of aromatic hydroxyl groups is 1. The molecular weight excluding hydrogens is 407 g/mol. The number of fused-ring (bicyclic) bond motifs is 3. The van der Waals surface area contributed by atoms with Crippen LogP contribution in [0.15, 0.2) is 121 Å². The van der Waals surface area contributed by atoms with Crippen LogP contribution in [0.2, 0.25) is 0 Å². The lowest BCUT2D eigenvalue weighted by atomic mass is 9.67. The van der Waals surface area contributed by atoms with Crippen LogP contribution in [0, 0.1) is 5.82 Å². The van der Waals surface area contributed by atoms with Gasteiger partial charge in [0.1, 0.15) is 11.6 Å². The second-order valence-electron chi connectivity index (χ2n) is 8.42. The number of phenolic OH excluding ortho intramolecular Hbond substituents is 1. The summed E-state index contributed by atoms with van der Waals surface area (Å²) < 4.78 is 14.7. The van der Waals surface area contributed by atoms with Gasteiger partial charge >= 0.3 is 0 Å². The Labute approximate surface area is 192 Å². The van der Waals surface area contributed by atoms with E-state index in [1.807, 2.05) is 54.6 Å². The number of rotatable bonds is 3. The summed E-state index contributed by atoms with van der Waals surface area (Å²) in [6.45, 7) is 0. The minimum absolute atomic E-state index is 0.0721. The predicted molar refractivity (Wildman–Crippen MR) is 131 cm³/mol. The molecule has 1 N–H and O–H groups in total. The molecule has 0 fully saturated rings. The van der Waals surface area contributed by atoms with E-state index in [-0.39, 0.29) is 11.6 Å². The Morgan fingerprint density at radius 2 is 1.03 bits per heavy atom. The zero-order valence-electron chi connectivity index (χ0n) is 17.9. The summed E-state index contributed by atoms with van der Waals surface area (Å²) in [5.41, 5.74) is 6.82. The molecule has 0 bridgehead atoms. The Bertz CT molecular complexity index is 1430. The maximum atomic E-state index is 14.7. The lowest BCUT2D eigenvalue weighted by molar-refractivity contribution is 0.475. The van der Waals surface area contributed by atoms with Gasteiger partial charge in [-0.25, -0.2) is 4.39 Å². The van der Waals surface area contributed by atoms with Crippen LogP contribution >= 0.6 is 0 Å². The summed E-state index contributed by atoms with van der Waals surface area (Å²) >= 11 is 0. The first-order chi connectivity index (χ1) is 16.2. The lowest BCUT2D eigenvalue weighted by Crippen LogP contribution is -2.28. The number of halogens is 1. The van der Waals surface area contributed by atoms with Crippen LogP contribution in [-0.4, -0.2) is 5.11 Å². The van der Waals surface area contributed by atoms with Gasteiger partial charge in [0.05, 0.1) is 5.41 Å². The number of hydrogen-bond acceptors (Lipinski definition) is 1. The number of hydrogen-bond donors (Lipinski definition) is 1. The molecule has 0 radical (unpaired) electrons. The molecule has 0 saturated carbocycles. The fourth-order valence-electron chi connectivity index (χ4n) is 5.37. The van der Waals surface area contributed by atoms with Crippen molar-refractivity contribution in [2.75, 3.05) is 0 Å². The van der Waals surface area contributed by atoms with Crippen molar-refractivity contribution in [2.24, 2.45) is 0 Å². The molecule has 0 amide bonds. The molecule has 0 spiro atoms. The maximum absolute atomic E-state index is 14.7. The molecule has 0 atom stereocenters. The van der Waals surface area contributed by atoms with Gasteiger partial charge < -0.3 is 5.11 Å². The van der Waals surface area contributed by atoms with Crippen LogP contribution in [0.25, 0.3) is 22.3 Å². The first-order valence-corrected chi connectivity index (χ1v) is 11.0. The molecule has 5 aromatic carbocycles. The van der Waals surface area contributed by atoms with Crippen LogP contribution in [0.5, 0.6) is 5.75 Å². The van der Waals surface area contributed by atoms with E-state index in [9.17, 15) is 9.50 Å². The minimum atomic E-state index is -0.584. The van der Waals surface area contributed by atoms with Crippen molar-refractivity contribution in [3.63, 3.8) is 0 Å². The fraction of sp³-hybridized carbons (Fsp3) is 0.0323. The quantitative estimate of drug-likeness (QED) is 0.308. The fourth-order valence-corrected chi connectivity index (χ4v) is 5.37. The lowest BCUT2D eigenvalue weighted by Gasteiger charge is -2.34. The van der Waals surface area contributed by atoms with Crippen molar-refractivity contribution < 1.29 is 9.50 Å². The van der Waals surface area contributed by atoms with Crippen LogP contribution in [0.3, 0.4) is 0 Å². The van der Waals surface area contributed by atoms with Crippen LogP contribution < -0.4 is 0 Å². The first-order valence-electron chi connectivity index (χ1n) is 11.0. The van der Waals surface area contributed by atoms with Gasteiger partial charge in [-0.15, -0.1) is 0 Å². The molecule has 1 aliphatic rings. The van der Waals surface area contributed by atoms with Crippen molar-refractivity contribution in [3.8, 4) is 28.0 Å². The van der Waals surface area contributed by atoms with Gasteiger partial charge in [0.25, 0.3) is 0 Å². The van der Waals surface area contributed by atoms with E-state index < -0.39 is 5.41 Å². The molecule has 0 aliphatic heterocycles. The van der Waals surface area contributed by atoms with Gasteiger partial charge in [-0.05, 0) is 51.6 Å². The third-order valence-corrected chi connectivity index (χ3v) is 6.74. The minimum Gasteiger partial charge on any atom is -0.507 e. The van der Waals surface area contributed by atoms with E-state index in [2.05, 4.69) is 42.5 Å². The summed E-state index contributed by atoms with van der Waals surface area (Å²) in [5.74, 6) is -0.278. The third-order valence-electron chi connectivity index (χ3n) is 6.74. The summed E-state index contributed by atoms with van der Waals surface area (Å²) in [5, 5.41) is 11.2. The summed E-state index contributed by atoms with van der Waals surface area (Å²) in [7, 11) is 0. The summed E-state index contributed by atoms with van der Waals surface area (Å²) in [4.78, 5) is 0. The third kappa shape index (κ3) is 2.77. The summed E-state index contributed by atoms with van der Waals surface area (Å²) in [6, 6.07) is 39.5. The molecule has 0 unspecified atom stereocenters. The van der Waals surface area contributed by atoms with E-state index in [0.29, 0.717) is 11.1 Å². The van der Waals surface area contributed by atoms with Crippen molar-refractivity contribution >= 4 is 0 Å². The topological polar surface area (TPSA) is 20.2 Å². The molecule has 33 heavy (non-hydrogen) atoms. The van der Waals surface area contributed by atoms with Gasteiger partial charge in [0, 0.05) is 11.1 Å². The molecule has 0 aromatic heterocycles. The van der Waals surface area contributed by atoms with Crippen LogP contribution in [0.1, 0.15) is 22.3 Å². The average molecular weight is 429 g/mol. The van der Waals surface area contributed by atoms with Gasteiger partial charge in [0.2, 0.25) is 0 Å². The second kappa shape index (κ2) is 7.46. The second-order valence-corrected chi connectivity index (χ2v) is 8.42. The predicted octanol–water partition coefficient (Wildman–Crippen LogP) is 7.56. The van der Waals surface area contributed by atoms with Crippen molar-refractivity contribution in [1.82, 2.24) is 0 Å². The van der Waals surface area contributed by atoms with E-state index in [1.54, 1.807) is 18.2 Å². The molecule has 2 heteroatoms. The van der Waals surface area contributed by atoms with E-state index in [0.717, 1.165) is 33.4 Å². The Kier molecular flexibility index (Phi) is 4.41. The van der Waals surface area contributed by atoms with Crippen LogP contribution in [-0.2, 0) is 5.41 Å². The van der Waals surface area contributed by atoms with Gasteiger partial charge in [-0.3, -0.25) is 0 Å². The SMILES string of the molecule is Oc1cc2c(cc1-c1ccccc1F)-c1ccccc1C2(c1ccccc1)c1ccccc1. The van der Waals surface area contributed by atoms with E-state index in [4.69, 9.17) is 0 Å². The van der Waals surface area contributed by atoms with Gasteiger partial charge in [-0.1, -0.05) is 103 Å². The molecule has 158 valence electrons. The zero-order valence-corrected chi connectivity index (χ0v) is 17.9. The molecule has 1 aliphatic carbocycles. The normalized spacial score (nSPS) is 13.4. The summed E-state index contributed by atoms with van der Waals surface area (Å²) in [6.07, 6.45) is 0. The zero-order chi connectivity index (χ0) is 22.4. The highest BCUT2D eigenvalue weighted by Crippen LogP contribution is 2.57. The molecule has 6 rings (SSSR count). The van der Waals surface area contributed by atoms with Crippen molar-refractivity contribution in [2.45, 2.75) is 5.41 Å². The highest BCUT2D eigenvalue weighted by Gasteiger charge is 2.46. The highest BCUT2D eigenvalue weighted by molar-refractivity contribution is 5.90. The van der Waals surface area contributed by atoms with Crippen LogP contribution in [0.4, 0.5) is 4.39 Å². The average Bonchev–Trinajstić information content (AvgIpc) is 3.15. The standard InChI is InChI=1S/C31H21FO/c32-29-18-10-8-16-24(29)26-19-25-23-15-7-9-17-27(23)31(28(25)20-30(26)33,21-11-3-1-4-12-21)22-13-5-2-6-14-22/h1-20,33H. The Balaban J connectivity index is 1.75. The van der Waals surface area contributed by atoms with E-state index in [1.165, 1.54) is 6.07 Å². The maximum Gasteiger partial charge on any atom is 0.131 e. The Morgan fingerprint density at radius 1 is 0.485 bits per heavy atom. The Morgan fingerprint density at radius 3 is 1.67 bits per heavy atom. The van der Waals surface area contributed by atoms with Crippen molar-refractivity contribution in [1.29, 1.82) is 0 Å². The first kappa shape index (κ1) is 19.5.